The van der Waals surface area contributed by atoms with Crippen molar-refractivity contribution in [3.8, 4) is 0 Å². The molecular weight excluding hydrogens is 330 g/mol. The molecule has 11 heteroatoms. The van der Waals surface area contributed by atoms with Crippen molar-refractivity contribution in [2.24, 2.45) is 11.5 Å². The van der Waals surface area contributed by atoms with Gasteiger partial charge in [0, 0.05) is 0 Å². The second-order valence-electron chi connectivity index (χ2n) is 3.33. The van der Waals surface area contributed by atoms with E-state index in [1.54, 1.807) is 4.40 Å². The van der Waals surface area contributed by atoms with Gasteiger partial charge in [-0.2, -0.15) is 26.0 Å². The van der Waals surface area contributed by atoms with Gasteiger partial charge in [-0.15, -0.1) is 0 Å². The predicted molar refractivity (Wildman–Crippen MR) is 63.0 cm³/mol. The molecular formula is C8H7Cl2F3N3O2S+. The average molecular weight is 337 g/mol. The van der Waals surface area contributed by atoms with E-state index in [-0.39, 0.29) is 0 Å². The molecule has 1 rings (SSSR count). The van der Waals surface area contributed by atoms with Gasteiger partial charge < -0.3 is 0 Å². The maximum Gasteiger partial charge on any atom is 0.416 e. The Morgan fingerprint density at radius 1 is 1.16 bits per heavy atom. The van der Waals surface area contributed by atoms with Gasteiger partial charge in [0.15, 0.2) is 0 Å². The predicted octanol–water partition coefficient (Wildman–Crippen LogP) is 0.0549. The summed E-state index contributed by atoms with van der Waals surface area (Å²) in [6.45, 7) is 0. The maximum absolute atomic E-state index is 12.5. The van der Waals surface area contributed by atoms with Crippen LogP contribution in [-0.4, -0.2) is 14.4 Å². The molecule has 0 spiro atoms. The standard InChI is InChI=1S/C8H6Cl2F3N3O2S/c9-4-1-3(8(11,12)13)2-5(10)6(4)19(17,18)16-7(14)15/h1-2H,(H4,14,15,16)/p+1. The van der Waals surface area contributed by atoms with Crippen molar-refractivity contribution < 1.29 is 26.0 Å². The van der Waals surface area contributed by atoms with E-state index in [9.17, 15) is 21.6 Å². The summed E-state index contributed by atoms with van der Waals surface area (Å²) >= 11 is 11.0. The molecule has 106 valence electrons. The van der Waals surface area contributed by atoms with Crippen LogP contribution in [0.3, 0.4) is 0 Å². The molecule has 0 saturated carbocycles. The lowest BCUT2D eigenvalue weighted by atomic mass is 10.2. The minimum absolute atomic E-state index is 0.439. The zero-order chi connectivity index (χ0) is 15.0. The van der Waals surface area contributed by atoms with E-state index in [1.807, 2.05) is 0 Å². The molecule has 0 bridgehead atoms. The van der Waals surface area contributed by atoms with Gasteiger partial charge in [0.2, 0.25) is 0 Å². The Bertz CT molecular complexity index is 616. The van der Waals surface area contributed by atoms with E-state index in [0.29, 0.717) is 12.1 Å². The van der Waals surface area contributed by atoms with Crippen molar-refractivity contribution in [1.82, 2.24) is 0 Å². The molecule has 0 aromatic heterocycles. The van der Waals surface area contributed by atoms with E-state index < -0.39 is 42.7 Å². The van der Waals surface area contributed by atoms with E-state index in [2.05, 4.69) is 0 Å². The first-order chi connectivity index (χ1) is 8.45. The number of hydrogen-bond acceptors (Lipinski definition) is 2. The first-order valence-electron chi connectivity index (χ1n) is 4.42. The second-order valence-corrected chi connectivity index (χ2v) is 5.76. The number of sulfonamides is 1. The van der Waals surface area contributed by atoms with E-state index in [0.717, 1.165) is 0 Å². The fourth-order valence-electron chi connectivity index (χ4n) is 1.19. The molecule has 0 amide bonds. The number of alkyl halides is 3. The molecule has 0 aliphatic heterocycles. The highest BCUT2D eigenvalue weighted by Gasteiger charge is 2.34. The minimum atomic E-state index is -4.71. The van der Waals surface area contributed by atoms with Crippen LogP contribution < -0.4 is 15.9 Å². The zero-order valence-electron chi connectivity index (χ0n) is 8.92. The van der Waals surface area contributed by atoms with Crippen molar-refractivity contribution in [2.75, 3.05) is 0 Å². The molecule has 0 saturated heterocycles. The fourth-order valence-corrected chi connectivity index (χ4v) is 3.33. The highest BCUT2D eigenvalue weighted by molar-refractivity contribution is 7.85. The van der Waals surface area contributed by atoms with Crippen LogP contribution in [0.5, 0.6) is 0 Å². The van der Waals surface area contributed by atoms with Crippen LogP contribution in [-0.2, 0) is 16.2 Å². The van der Waals surface area contributed by atoms with Gasteiger partial charge in [0.1, 0.15) is 4.90 Å². The lowest BCUT2D eigenvalue weighted by Gasteiger charge is -2.10. The Kier molecular flexibility index (Phi) is 4.23. The topological polar surface area (TPSA) is 100 Å². The summed E-state index contributed by atoms with van der Waals surface area (Å²) in [7, 11) is -4.35. The molecule has 0 unspecified atom stereocenters. The third-order valence-corrected chi connectivity index (χ3v) is 4.15. The lowest BCUT2D eigenvalue weighted by Crippen LogP contribution is -2.81. The van der Waals surface area contributed by atoms with Gasteiger partial charge >= 0.3 is 22.2 Å². The van der Waals surface area contributed by atoms with Gasteiger partial charge in [-0.05, 0) is 12.1 Å². The Hall–Kier alpha value is -1.19. The lowest BCUT2D eigenvalue weighted by molar-refractivity contribution is -0.270. The Morgan fingerprint density at radius 2 is 1.58 bits per heavy atom. The van der Waals surface area contributed by atoms with Crippen LogP contribution in [0.2, 0.25) is 10.0 Å². The summed E-state index contributed by atoms with van der Waals surface area (Å²) < 4.78 is 62.5. The van der Waals surface area contributed by atoms with Gasteiger partial charge in [0.05, 0.1) is 15.6 Å². The molecule has 0 heterocycles. The number of hydrogen-bond donors (Lipinski definition) is 3. The van der Waals surface area contributed by atoms with Crippen LogP contribution >= 0.6 is 23.2 Å². The average Bonchev–Trinajstić information content (AvgIpc) is 2.11. The van der Waals surface area contributed by atoms with Gasteiger partial charge in [-0.25, -0.2) is 0 Å². The van der Waals surface area contributed by atoms with Crippen molar-refractivity contribution in [3.05, 3.63) is 27.7 Å². The summed E-state index contributed by atoms with van der Waals surface area (Å²) in [5.74, 6) is -0.674. The summed E-state index contributed by atoms with van der Waals surface area (Å²) in [4.78, 5) is -0.739. The van der Waals surface area contributed by atoms with Gasteiger partial charge in [-0.1, -0.05) is 23.2 Å². The number of guanidine groups is 1. The highest BCUT2D eigenvalue weighted by Crippen LogP contribution is 2.36. The van der Waals surface area contributed by atoms with E-state index in [1.165, 1.54) is 0 Å². The maximum atomic E-state index is 12.5. The molecule has 0 aliphatic carbocycles. The van der Waals surface area contributed by atoms with E-state index in [4.69, 9.17) is 34.7 Å². The van der Waals surface area contributed by atoms with Crippen LogP contribution in [0.25, 0.3) is 0 Å². The first-order valence-corrected chi connectivity index (χ1v) is 6.66. The smallest absolute Gasteiger partial charge is 0.290 e. The molecule has 5 nitrogen and oxygen atoms in total. The van der Waals surface area contributed by atoms with E-state index >= 15 is 0 Å². The Morgan fingerprint density at radius 3 is 1.89 bits per heavy atom. The minimum Gasteiger partial charge on any atom is -0.290 e. The molecule has 19 heavy (non-hydrogen) atoms. The largest absolute Gasteiger partial charge is 0.416 e. The van der Waals surface area contributed by atoms with Crippen LogP contribution in [0.15, 0.2) is 17.0 Å². The van der Waals surface area contributed by atoms with Crippen LogP contribution in [0.4, 0.5) is 13.2 Å². The normalized spacial score (nSPS) is 12.3. The third-order valence-electron chi connectivity index (χ3n) is 1.85. The number of benzene rings is 1. The molecule has 5 N–H and O–H groups in total. The molecule has 1 aromatic carbocycles. The SMILES string of the molecule is NC(N)=[NH+]S(=O)(=O)c1c(Cl)cc(C(F)(F)F)cc1Cl. The van der Waals surface area contributed by atoms with Crippen molar-refractivity contribution >= 4 is 39.2 Å². The monoisotopic (exact) mass is 336 g/mol. The summed E-state index contributed by atoms with van der Waals surface area (Å²) in [6, 6.07) is 0.878. The highest BCUT2D eigenvalue weighted by atomic mass is 35.5. The van der Waals surface area contributed by atoms with Crippen LogP contribution in [0.1, 0.15) is 5.56 Å². The van der Waals surface area contributed by atoms with Gasteiger partial charge in [0.25, 0.3) is 0 Å². The number of nitrogens with two attached hydrogens (primary N) is 2. The molecule has 0 fully saturated rings. The summed E-state index contributed by atoms with van der Waals surface area (Å²) in [5, 5.41) is -1.40. The van der Waals surface area contributed by atoms with Crippen molar-refractivity contribution in [2.45, 2.75) is 11.1 Å². The molecule has 0 aliphatic rings. The molecule has 0 radical (unpaired) electrons. The van der Waals surface area contributed by atoms with Gasteiger partial charge in [-0.3, -0.25) is 11.5 Å². The molecule has 1 aromatic rings. The van der Waals surface area contributed by atoms with Crippen molar-refractivity contribution in [1.29, 1.82) is 0 Å². The number of rotatable bonds is 2. The second kappa shape index (κ2) is 5.06. The van der Waals surface area contributed by atoms with Crippen LogP contribution in [0, 0.1) is 0 Å². The fraction of sp³-hybridized carbons (Fsp3) is 0.125. The quantitative estimate of drug-likeness (QED) is 0.525. The Labute approximate surface area is 116 Å². The zero-order valence-corrected chi connectivity index (χ0v) is 11.3. The number of halogens is 5. The third kappa shape index (κ3) is 3.64. The summed E-state index contributed by atoms with van der Waals surface area (Å²) in [6.07, 6.45) is -4.71. The number of nitrogens with one attached hydrogen (secondary N) is 1. The molecule has 0 atom stereocenters. The van der Waals surface area contributed by atoms with Crippen molar-refractivity contribution in [3.63, 3.8) is 0 Å². The first kappa shape index (κ1) is 15.9. The Balaban J connectivity index is 3.54. The summed E-state index contributed by atoms with van der Waals surface area (Å²) in [5.41, 5.74) is 8.73.